The van der Waals surface area contributed by atoms with Gasteiger partial charge in [-0.3, -0.25) is 0 Å². The minimum atomic E-state index is 0. The zero-order valence-corrected chi connectivity index (χ0v) is 14.7. The summed E-state index contributed by atoms with van der Waals surface area (Å²) in [5.41, 5.74) is 0. The first-order chi connectivity index (χ1) is 8.83. The fourth-order valence-electron chi connectivity index (χ4n) is 2.48. The molecule has 19 heavy (non-hydrogen) atoms. The maximum atomic E-state index is 5.24. The van der Waals surface area contributed by atoms with Gasteiger partial charge in [0.25, 0.3) is 0 Å². The Hall–Kier alpha value is 0.400. The van der Waals surface area contributed by atoms with Crippen molar-refractivity contribution in [2.75, 3.05) is 26.7 Å². The van der Waals surface area contributed by atoms with Gasteiger partial charge < -0.3 is 9.64 Å². The second kappa shape index (κ2) is 13.4. The van der Waals surface area contributed by atoms with Gasteiger partial charge in [-0.2, -0.15) is 0 Å². The van der Waals surface area contributed by atoms with E-state index in [0.717, 1.165) is 13.2 Å². The summed E-state index contributed by atoms with van der Waals surface area (Å²) in [6, 6.07) is 0. The van der Waals surface area contributed by atoms with E-state index >= 15 is 0 Å². The lowest BCUT2D eigenvalue weighted by molar-refractivity contribution is 0.278. The largest absolute Gasteiger partial charge is 0.372 e. The molecule has 0 N–H and O–H groups in total. The quantitative estimate of drug-likeness (QED) is 0.354. The fraction of sp³-hybridized carbons (Fsp3) is 1.00. The molecule has 0 amide bonds. The summed E-state index contributed by atoms with van der Waals surface area (Å²) in [5.74, 6) is 0. The van der Waals surface area contributed by atoms with Crippen LogP contribution in [-0.2, 0) is 4.74 Å². The van der Waals surface area contributed by atoms with Gasteiger partial charge in [-0.1, -0.05) is 64.7 Å². The molecule has 0 aromatic heterocycles. The van der Waals surface area contributed by atoms with Crippen LogP contribution in [0.2, 0.25) is 0 Å². The molecule has 0 aromatic rings. The van der Waals surface area contributed by atoms with Crippen LogP contribution in [0.3, 0.4) is 0 Å². The van der Waals surface area contributed by atoms with Crippen LogP contribution >= 0.6 is 17.0 Å². The third-order valence-corrected chi connectivity index (χ3v) is 3.81. The third kappa shape index (κ3) is 13.1. The molecule has 2 nitrogen and oxygen atoms in total. The van der Waals surface area contributed by atoms with Gasteiger partial charge in [0, 0.05) is 6.54 Å². The topological polar surface area (TPSA) is 15.8 Å². The summed E-state index contributed by atoms with van der Waals surface area (Å²) in [5, 5.41) is 0. The van der Waals surface area contributed by atoms with Gasteiger partial charge in [-0.15, -0.1) is 17.0 Å². The van der Waals surface area contributed by atoms with Crippen LogP contribution in [0.15, 0.2) is 0 Å². The Balaban J connectivity index is 0.00000324. The van der Waals surface area contributed by atoms with Crippen molar-refractivity contribution >= 4 is 17.0 Å². The van der Waals surface area contributed by atoms with E-state index in [1.165, 1.54) is 70.8 Å². The Labute approximate surface area is 131 Å². The van der Waals surface area contributed by atoms with Crippen molar-refractivity contribution < 1.29 is 4.74 Å². The number of epoxide rings is 1. The summed E-state index contributed by atoms with van der Waals surface area (Å²) >= 11 is 0. The van der Waals surface area contributed by atoms with Crippen LogP contribution in [0.5, 0.6) is 0 Å². The third-order valence-electron chi connectivity index (χ3n) is 3.81. The molecular weight excluding hydrogens is 302 g/mol. The van der Waals surface area contributed by atoms with E-state index in [2.05, 4.69) is 18.9 Å². The van der Waals surface area contributed by atoms with Crippen molar-refractivity contribution in [1.29, 1.82) is 0 Å². The van der Waals surface area contributed by atoms with Gasteiger partial charge in [0.2, 0.25) is 0 Å². The van der Waals surface area contributed by atoms with E-state index in [1.54, 1.807) is 0 Å². The lowest BCUT2D eigenvalue weighted by atomic mass is 10.1. The van der Waals surface area contributed by atoms with Crippen LogP contribution < -0.4 is 0 Å². The monoisotopic (exact) mass is 335 g/mol. The van der Waals surface area contributed by atoms with Crippen molar-refractivity contribution in [3.8, 4) is 0 Å². The Morgan fingerprint density at radius 3 is 1.84 bits per heavy atom. The van der Waals surface area contributed by atoms with E-state index in [0.29, 0.717) is 6.10 Å². The minimum absolute atomic E-state index is 0. The molecule has 116 valence electrons. The number of hydrogen-bond acceptors (Lipinski definition) is 2. The molecule has 1 fully saturated rings. The maximum absolute atomic E-state index is 5.24. The summed E-state index contributed by atoms with van der Waals surface area (Å²) in [7, 11) is 2.22. The highest BCUT2D eigenvalue weighted by molar-refractivity contribution is 8.93. The molecule has 1 aliphatic heterocycles. The Morgan fingerprint density at radius 2 is 1.37 bits per heavy atom. The predicted octanol–water partition coefficient (Wildman–Crippen LogP) is 4.82. The molecule has 1 rings (SSSR count). The summed E-state index contributed by atoms with van der Waals surface area (Å²) < 4.78 is 5.24. The number of halogens is 1. The number of likely N-dealkylation sites (N-methyl/N-ethyl adjacent to an activating group) is 1. The van der Waals surface area contributed by atoms with Crippen molar-refractivity contribution in [2.45, 2.75) is 77.2 Å². The van der Waals surface area contributed by atoms with E-state index < -0.39 is 0 Å². The molecule has 0 aliphatic carbocycles. The Bertz CT molecular complexity index is 186. The fourth-order valence-corrected chi connectivity index (χ4v) is 2.48. The molecule has 0 aromatic carbocycles. The van der Waals surface area contributed by atoms with Crippen molar-refractivity contribution in [3.05, 3.63) is 0 Å². The van der Waals surface area contributed by atoms with Gasteiger partial charge >= 0.3 is 0 Å². The summed E-state index contributed by atoms with van der Waals surface area (Å²) in [4.78, 5) is 2.42. The average molecular weight is 336 g/mol. The van der Waals surface area contributed by atoms with Crippen LogP contribution in [0.1, 0.15) is 71.1 Å². The summed E-state index contributed by atoms with van der Waals surface area (Å²) in [6.07, 6.45) is 14.8. The number of hydrogen-bond donors (Lipinski definition) is 0. The lowest BCUT2D eigenvalue weighted by Gasteiger charge is -2.14. The molecule has 3 heteroatoms. The van der Waals surface area contributed by atoms with Gasteiger partial charge in [0.05, 0.1) is 12.7 Å². The van der Waals surface area contributed by atoms with Crippen LogP contribution in [0.4, 0.5) is 0 Å². The molecule has 1 unspecified atom stereocenters. The van der Waals surface area contributed by atoms with E-state index in [9.17, 15) is 0 Å². The lowest BCUT2D eigenvalue weighted by Crippen LogP contribution is -2.24. The SMILES string of the molecule is Br.CCCCCCCCCCCCN(C)CC1CO1. The zero-order valence-electron chi connectivity index (χ0n) is 13.0. The molecule has 0 radical (unpaired) electrons. The highest BCUT2D eigenvalue weighted by Crippen LogP contribution is 2.12. The van der Waals surface area contributed by atoms with E-state index in [1.807, 2.05) is 0 Å². The van der Waals surface area contributed by atoms with Crippen molar-refractivity contribution in [2.24, 2.45) is 0 Å². The van der Waals surface area contributed by atoms with Gasteiger partial charge in [-0.25, -0.2) is 0 Å². The standard InChI is InChI=1S/C16H33NO.BrH/c1-3-4-5-6-7-8-9-10-11-12-13-17(2)14-16-15-18-16;/h16H,3-15H2,1-2H3;1H. The van der Waals surface area contributed by atoms with Crippen LogP contribution in [-0.4, -0.2) is 37.7 Å². The zero-order chi connectivity index (χ0) is 13.1. The number of ether oxygens (including phenoxy) is 1. The first-order valence-corrected chi connectivity index (χ1v) is 8.13. The van der Waals surface area contributed by atoms with E-state index in [4.69, 9.17) is 4.74 Å². The highest BCUT2D eigenvalue weighted by Gasteiger charge is 2.23. The first-order valence-electron chi connectivity index (χ1n) is 8.13. The molecule has 0 spiro atoms. The molecule has 0 saturated carbocycles. The minimum Gasteiger partial charge on any atom is -0.372 e. The molecule has 1 atom stereocenters. The molecule has 1 saturated heterocycles. The number of rotatable bonds is 13. The average Bonchev–Trinajstić information content (AvgIpc) is 3.15. The van der Waals surface area contributed by atoms with Gasteiger partial charge in [0.15, 0.2) is 0 Å². The Kier molecular flexibility index (Phi) is 13.7. The predicted molar refractivity (Wildman–Crippen MR) is 89.4 cm³/mol. The van der Waals surface area contributed by atoms with Gasteiger partial charge in [-0.05, 0) is 20.0 Å². The van der Waals surface area contributed by atoms with Crippen molar-refractivity contribution in [1.82, 2.24) is 4.90 Å². The van der Waals surface area contributed by atoms with Crippen LogP contribution in [0, 0.1) is 0 Å². The van der Waals surface area contributed by atoms with Gasteiger partial charge in [0.1, 0.15) is 0 Å². The Morgan fingerprint density at radius 1 is 0.895 bits per heavy atom. The van der Waals surface area contributed by atoms with Crippen molar-refractivity contribution in [3.63, 3.8) is 0 Å². The second-order valence-corrected chi connectivity index (χ2v) is 5.90. The van der Waals surface area contributed by atoms with Crippen LogP contribution in [0.25, 0.3) is 0 Å². The number of nitrogens with zero attached hydrogens (tertiary/aromatic N) is 1. The summed E-state index contributed by atoms with van der Waals surface area (Å²) in [6.45, 7) is 5.66. The first kappa shape index (κ1) is 19.4. The normalized spacial score (nSPS) is 17.5. The second-order valence-electron chi connectivity index (χ2n) is 5.90. The molecular formula is C16H34BrNO. The maximum Gasteiger partial charge on any atom is 0.0936 e. The molecule has 1 aliphatic rings. The molecule has 1 heterocycles. The highest BCUT2D eigenvalue weighted by atomic mass is 79.9. The van der Waals surface area contributed by atoms with E-state index in [-0.39, 0.29) is 17.0 Å². The number of unbranched alkanes of at least 4 members (excludes halogenated alkanes) is 9. The molecule has 0 bridgehead atoms. The smallest absolute Gasteiger partial charge is 0.0936 e.